The Morgan fingerprint density at radius 1 is 0.227 bits per heavy atom. The minimum absolute atomic E-state index is 0.500. The molecule has 0 unspecified atom stereocenters. The zero-order valence-corrected chi connectivity index (χ0v) is 49.2. The van der Waals surface area contributed by atoms with Crippen LogP contribution in [0, 0.1) is 27.1 Å². The number of hydrogen-bond acceptors (Lipinski definition) is 11. The highest BCUT2D eigenvalue weighted by Crippen LogP contribution is 2.12. The van der Waals surface area contributed by atoms with Crippen LogP contribution < -0.4 is 0 Å². The second kappa shape index (κ2) is 33.5. The number of nitrogens with zero attached hydrogens (tertiary/aromatic N) is 11. The van der Waals surface area contributed by atoms with Gasteiger partial charge in [-0.1, -0.05) is 169 Å². The molecule has 0 bridgehead atoms. The van der Waals surface area contributed by atoms with Crippen molar-refractivity contribution in [3.8, 4) is 0 Å². The van der Waals surface area contributed by atoms with Gasteiger partial charge in [0.05, 0.1) is 27.6 Å². The highest BCUT2D eigenvalue weighted by atomic mass is 14.9. The molecule has 0 fully saturated rings. The number of rotatable bonds is 0. The van der Waals surface area contributed by atoms with Crippen LogP contribution >= 0.6 is 0 Å². The SMILES string of the molecule is CC(C)(C)C.CC(C)(C)C.CC(C)(C)C.CC(C)(C)C.CC(C)(C)C.c1ccc2nccnc2c1.c1ccc2ncncc2c1.c1cnc2cccnc2c1.c1cnc2ncccc2c1.c1cnc2nccnc2c1. The van der Waals surface area contributed by atoms with Crippen molar-refractivity contribution >= 4 is 55.2 Å². The van der Waals surface area contributed by atoms with E-state index in [0.717, 1.165) is 49.5 Å². The van der Waals surface area contributed by atoms with Crippen molar-refractivity contribution in [2.45, 2.75) is 138 Å². The first-order valence-corrected chi connectivity index (χ1v) is 25.5. The molecule has 0 aliphatic carbocycles. The van der Waals surface area contributed by atoms with Crippen LogP contribution in [0.4, 0.5) is 0 Å². The summed E-state index contributed by atoms with van der Waals surface area (Å²) in [6.45, 7) is 43.8. The van der Waals surface area contributed by atoms with E-state index in [1.165, 1.54) is 0 Å². The highest BCUT2D eigenvalue weighted by Gasteiger charge is 1.98. The molecule has 0 saturated heterocycles. The number of hydrogen-bond donors (Lipinski definition) is 0. The van der Waals surface area contributed by atoms with E-state index in [9.17, 15) is 0 Å². The molecule has 0 amide bonds. The van der Waals surface area contributed by atoms with Gasteiger partial charge in [0.1, 0.15) is 11.8 Å². The summed E-state index contributed by atoms with van der Waals surface area (Å²) in [6.07, 6.45) is 18.8. The molecule has 10 aromatic rings. The standard InChI is InChI=1S/4C8H6N2.C7H5N3.5C5H12/c1-3-7-8(9-5-1)4-2-6-10-7;1-3-7-4-2-6-10-8(7)9-5-1;1-2-4-8-7(3-1)5-9-6-10-8;1-2-4-8-7(3-1)9-5-6-10-8;1-2-6-7(9-3-1)10-5-4-8-6;5*1-5(2,3)4/h4*1-6H;1-5H;5*1-4H3. The molecule has 0 aliphatic heterocycles. The maximum absolute atomic E-state index is 4.12. The average Bonchev–Trinajstić information content (AvgIpc) is 3.32. The molecule has 0 N–H and O–H groups in total. The van der Waals surface area contributed by atoms with E-state index in [-0.39, 0.29) is 0 Å². The summed E-state index contributed by atoms with van der Waals surface area (Å²) in [5.41, 5.74) is 9.64. The second-order valence-electron chi connectivity index (χ2n) is 25.1. The normalized spacial score (nSPS) is 10.7. The Labute approximate surface area is 451 Å². The molecule has 10 rings (SSSR count). The molecular weight excluding hydrogens is 923 g/mol. The summed E-state index contributed by atoms with van der Waals surface area (Å²) in [7, 11) is 0. The predicted molar refractivity (Wildman–Crippen MR) is 321 cm³/mol. The van der Waals surface area contributed by atoms with E-state index in [0.29, 0.717) is 32.7 Å². The Morgan fingerprint density at radius 2 is 0.480 bits per heavy atom. The average molecular weight is 1010 g/mol. The van der Waals surface area contributed by atoms with Crippen molar-refractivity contribution in [3.63, 3.8) is 0 Å². The predicted octanol–water partition coefficient (Wildman–Crippen LogP) is 17.8. The van der Waals surface area contributed by atoms with Gasteiger partial charge in [-0.15, -0.1) is 0 Å². The fourth-order valence-electron chi connectivity index (χ4n) is 4.45. The summed E-state index contributed by atoms with van der Waals surface area (Å²) < 4.78 is 0. The number of aromatic nitrogens is 11. The molecule has 0 spiro atoms. The van der Waals surface area contributed by atoms with E-state index in [1.807, 2.05) is 115 Å². The van der Waals surface area contributed by atoms with Crippen LogP contribution in [0.2, 0.25) is 0 Å². The lowest BCUT2D eigenvalue weighted by Crippen LogP contribution is -1.93. The van der Waals surface area contributed by atoms with Gasteiger partial charge in [-0.05, 0) is 106 Å². The molecule has 2 aromatic carbocycles. The monoisotopic (exact) mass is 1010 g/mol. The fourth-order valence-corrected chi connectivity index (χ4v) is 4.45. The third kappa shape index (κ3) is 40.9. The van der Waals surface area contributed by atoms with E-state index in [2.05, 4.69) is 193 Å². The number of fused-ring (bicyclic) bond motifs is 5. The van der Waals surface area contributed by atoms with Crippen molar-refractivity contribution in [3.05, 3.63) is 177 Å². The van der Waals surface area contributed by atoms with Crippen molar-refractivity contribution in [2.75, 3.05) is 0 Å². The summed E-state index contributed by atoms with van der Waals surface area (Å²) in [6, 6.07) is 34.9. The number of para-hydroxylation sites is 3. The summed E-state index contributed by atoms with van der Waals surface area (Å²) >= 11 is 0. The lowest BCUT2D eigenvalue weighted by atomic mass is 10.0. The minimum Gasteiger partial charge on any atom is -0.255 e. The van der Waals surface area contributed by atoms with Crippen LogP contribution in [0.3, 0.4) is 0 Å². The molecule has 8 heterocycles. The van der Waals surface area contributed by atoms with Crippen LogP contribution in [-0.2, 0) is 0 Å². The van der Waals surface area contributed by atoms with Gasteiger partial charge in [0.15, 0.2) is 11.3 Å². The largest absolute Gasteiger partial charge is 0.255 e. The van der Waals surface area contributed by atoms with Gasteiger partial charge in [0.2, 0.25) is 0 Å². The topological polar surface area (TPSA) is 142 Å². The third-order valence-electron chi connectivity index (χ3n) is 6.78. The molecule has 400 valence electrons. The van der Waals surface area contributed by atoms with Gasteiger partial charge in [-0.25, -0.2) is 29.9 Å². The summed E-state index contributed by atoms with van der Waals surface area (Å²) in [5, 5.41) is 2.18. The molecular formula is C64H89N11. The Hall–Kier alpha value is -7.27. The smallest absolute Gasteiger partial charge is 0.178 e. The Kier molecular flexibility index (Phi) is 29.4. The first-order valence-electron chi connectivity index (χ1n) is 25.5. The lowest BCUT2D eigenvalue weighted by molar-refractivity contribution is 0.469. The van der Waals surface area contributed by atoms with Crippen molar-refractivity contribution < 1.29 is 0 Å². The van der Waals surface area contributed by atoms with E-state index < -0.39 is 0 Å². The molecule has 0 saturated carbocycles. The molecule has 75 heavy (non-hydrogen) atoms. The maximum atomic E-state index is 4.12. The van der Waals surface area contributed by atoms with Gasteiger partial charge < -0.3 is 0 Å². The van der Waals surface area contributed by atoms with Gasteiger partial charge in [0.25, 0.3) is 0 Å². The van der Waals surface area contributed by atoms with Crippen molar-refractivity contribution in [2.24, 2.45) is 27.1 Å². The van der Waals surface area contributed by atoms with Gasteiger partial charge >= 0.3 is 0 Å². The Bertz CT molecular complexity index is 2210. The zero-order valence-electron chi connectivity index (χ0n) is 49.2. The molecule has 8 aromatic heterocycles. The van der Waals surface area contributed by atoms with Crippen LogP contribution in [-0.4, -0.2) is 54.8 Å². The molecule has 0 atom stereocenters. The van der Waals surface area contributed by atoms with Crippen molar-refractivity contribution in [1.29, 1.82) is 0 Å². The molecule has 0 radical (unpaired) electrons. The van der Waals surface area contributed by atoms with Crippen molar-refractivity contribution in [1.82, 2.24) is 54.8 Å². The van der Waals surface area contributed by atoms with E-state index in [4.69, 9.17) is 0 Å². The van der Waals surface area contributed by atoms with Crippen LogP contribution in [0.5, 0.6) is 0 Å². The zero-order chi connectivity index (χ0) is 56.6. The molecule has 11 heteroatoms. The quantitative estimate of drug-likeness (QED) is 0.143. The third-order valence-corrected chi connectivity index (χ3v) is 6.78. The molecule has 11 nitrogen and oxygen atoms in total. The Morgan fingerprint density at radius 3 is 0.853 bits per heavy atom. The van der Waals surface area contributed by atoms with Gasteiger partial charge in [0, 0.05) is 72.7 Å². The number of pyridine rings is 5. The summed E-state index contributed by atoms with van der Waals surface area (Å²) in [4.78, 5) is 44.7. The van der Waals surface area contributed by atoms with Crippen LogP contribution in [0.25, 0.3) is 55.2 Å². The fraction of sp³-hybridized carbons (Fsp3) is 0.391. The summed E-state index contributed by atoms with van der Waals surface area (Å²) in [5.74, 6) is 0. The number of benzene rings is 2. The van der Waals surface area contributed by atoms with Gasteiger partial charge in [-0.2, -0.15) is 0 Å². The van der Waals surface area contributed by atoms with Crippen LogP contribution in [0.15, 0.2) is 177 Å². The first kappa shape index (κ1) is 65.7. The first-order chi connectivity index (χ1) is 34.8. The Balaban J connectivity index is 0.000000424. The highest BCUT2D eigenvalue weighted by molar-refractivity contribution is 5.77. The second-order valence-corrected chi connectivity index (χ2v) is 25.1. The van der Waals surface area contributed by atoms with Gasteiger partial charge in [-0.3, -0.25) is 24.9 Å². The minimum atomic E-state index is 0.500. The van der Waals surface area contributed by atoms with E-state index >= 15 is 0 Å². The van der Waals surface area contributed by atoms with E-state index in [1.54, 1.807) is 62.1 Å². The lowest BCUT2D eigenvalue weighted by Gasteiger charge is -2.05. The maximum Gasteiger partial charge on any atom is 0.178 e. The van der Waals surface area contributed by atoms with Crippen LogP contribution in [0.1, 0.15) is 138 Å². The molecule has 0 aliphatic rings.